The van der Waals surface area contributed by atoms with Crippen molar-refractivity contribution in [1.82, 2.24) is 0 Å². The van der Waals surface area contributed by atoms with Gasteiger partial charge in [0.1, 0.15) is 22.8 Å². The molecule has 0 unspecified atom stereocenters. The molecule has 1 aromatic heterocycles. The average Bonchev–Trinajstić information content (AvgIpc) is 2.80. The number of benzene rings is 1. The summed E-state index contributed by atoms with van der Waals surface area (Å²) in [5.74, 6) is 0.666. The summed E-state index contributed by atoms with van der Waals surface area (Å²) in [7, 11) is 0. The van der Waals surface area contributed by atoms with Gasteiger partial charge in [0.2, 0.25) is 0 Å². The molecule has 2 rings (SSSR count). The van der Waals surface area contributed by atoms with Crippen LogP contribution in [0.5, 0.6) is 0 Å². The topological polar surface area (TPSA) is 88.9 Å². The molecule has 6 nitrogen and oxygen atoms in total. The number of rotatable bonds is 3. The van der Waals surface area contributed by atoms with Crippen LogP contribution < -0.4 is 0 Å². The molecule has 0 fully saturated rings. The Labute approximate surface area is 117 Å². The van der Waals surface area contributed by atoms with Crippen molar-refractivity contribution in [3.63, 3.8) is 0 Å². The van der Waals surface area contributed by atoms with Crippen LogP contribution in [0.3, 0.4) is 0 Å². The van der Waals surface area contributed by atoms with Gasteiger partial charge in [0, 0.05) is 11.6 Å². The number of nitro groups is 1. The van der Waals surface area contributed by atoms with E-state index in [-0.39, 0.29) is 15.7 Å². The Balaban J connectivity index is 2.50. The lowest BCUT2D eigenvalue weighted by molar-refractivity contribution is -0.384. The third kappa shape index (κ3) is 2.69. The predicted molar refractivity (Wildman–Crippen MR) is 70.2 cm³/mol. The Morgan fingerprint density at radius 1 is 1.32 bits per heavy atom. The molecule has 1 heterocycles. The molecule has 0 aliphatic heterocycles. The highest BCUT2D eigenvalue weighted by molar-refractivity contribution is 6.36. The van der Waals surface area contributed by atoms with Gasteiger partial charge in [-0.25, -0.2) is 0 Å². The van der Waals surface area contributed by atoms with Crippen molar-refractivity contribution in [2.45, 2.75) is 0 Å². The van der Waals surface area contributed by atoms with Gasteiger partial charge in [0.05, 0.1) is 9.95 Å². The number of halogens is 2. The van der Waals surface area contributed by atoms with E-state index >= 15 is 0 Å². The van der Waals surface area contributed by atoms with Crippen LogP contribution in [0.1, 0.15) is 5.76 Å². The molecular formula is C11H6Cl2N2O4. The average molecular weight is 301 g/mol. The first-order chi connectivity index (χ1) is 9.02. The summed E-state index contributed by atoms with van der Waals surface area (Å²) >= 11 is 11.8. The summed E-state index contributed by atoms with van der Waals surface area (Å²) in [5.41, 5.74) is 0.133. The lowest BCUT2D eigenvalue weighted by atomic mass is 10.1. The molecule has 1 aromatic carbocycles. The molecule has 0 amide bonds. The fourth-order valence-electron chi connectivity index (χ4n) is 1.49. The Kier molecular flexibility index (Phi) is 3.73. The van der Waals surface area contributed by atoms with E-state index in [1.54, 1.807) is 12.1 Å². The number of nitrogens with zero attached hydrogens (tertiary/aromatic N) is 2. The van der Waals surface area contributed by atoms with Crippen LogP contribution in [0.15, 0.2) is 33.8 Å². The normalized spacial score (nSPS) is 11.1. The zero-order valence-electron chi connectivity index (χ0n) is 9.21. The van der Waals surface area contributed by atoms with Crippen molar-refractivity contribution in [3.05, 3.63) is 50.2 Å². The monoisotopic (exact) mass is 300 g/mol. The summed E-state index contributed by atoms with van der Waals surface area (Å²) in [6.07, 6.45) is 1.10. The zero-order valence-corrected chi connectivity index (χ0v) is 10.7. The molecule has 0 spiro atoms. The van der Waals surface area contributed by atoms with Crippen LogP contribution in [0, 0.1) is 10.1 Å². The number of oxime groups is 1. The zero-order chi connectivity index (χ0) is 14.0. The van der Waals surface area contributed by atoms with E-state index < -0.39 is 4.92 Å². The van der Waals surface area contributed by atoms with Gasteiger partial charge in [-0.15, -0.1) is 0 Å². The molecule has 98 valence electrons. The number of hydrogen-bond acceptors (Lipinski definition) is 5. The maximum atomic E-state index is 10.7. The van der Waals surface area contributed by atoms with Crippen molar-refractivity contribution in [2.75, 3.05) is 0 Å². The van der Waals surface area contributed by atoms with Crippen LogP contribution in [0.2, 0.25) is 10.0 Å². The van der Waals surface area contributed by atoms with E-state index in [4.69, 9.17) is 32.8 Å². The SMILES string of the molecule is O=[N+]([O-])c1cc(Cl)c(-c2ccc(C=NO)o2)cc1Cl. The van der Waals surface area contributed by atoms with Crippen molar-refractivity contribution >= 4 is 35.1 Å². The molecule has 0 aliphatic rings. The van der Waals surface area contributed by atoms with E-state index in [9.17, 15) is 10.1 Å². The first-order valence-electron chi connectivity index (χ1n) is 4.94. The van der Waals surface area contributed by atoms with Crippen LogP contribution in [-0.2, 0) is 0 Å². The lowest BCUT2D eigenvalue weighted by Gasteiger charge is -2.02. The molecule has 2 aromatic rings. The van der Waals surface area contributed by atoms with Crippen molar-refractivity contribution in [3.8, 4) is 11.3 Å². The maximum Gasteiger partial charge on any atom is 0.289 e. The van der Waals surface area contributed by atoms with Gasteiger partial charge in [-0.1, -0.05) is 28.4 Å². The summed E-state index contributed by atoms with van der Waals surface area (Å²) in [5, 5.41) is 22.0. The molecule has 19 heavy (non-hydrogen) atoms. The van der Waals surface area contributed by atoms with Crippen LogP contribution in [0.25, 0.3) is 11.3 Å². The maximum absolute atomic E-state index is 10.7. The minimum atomic E-state index is -0.621. The fourth-order valence-corrected chi connectivity index (χ4v) is 1.97. The van der Waals surface area contributed by atoms with E-state index in [0.717, 1.165) is 12.3 Å². The summed E-state index contributed by atoms with van der Waals surface area (Å²) in [4.78, 5) is 10.1. The first kappa shape index (κ1) is 13.4. The lowest BCUT2D eigenvalue weighted by Crippen LogP contribution is -1.90. The number of furan rings is 1. The highest BCUT2D eigenvalue weighted by Crippen LogP contribution is 2.36. The van der Waals surface area contributed by atoms with Gasteiger partial charge in [-0.05, 0) is 18.2 Å². The third-order valence-electron chi connectivity index (χ3n) is 2.31. The van der Waals surface area contributed by atoms with Gasteiger partial charge in [0.25, 0.3) is 5.69 Å². The molecule has 1 N–H and O–H groups in total. The van der Waals surface area contributed by atoms with Crippen LogP contribution >= 0.6 is 23.2 Å². The van der Waals surface area contributed by atoms with Gasteiger partial charge in [-0.2, -0.15) is 0 Å². The van der Waals surface area contributed by atoms with Gasteiger partial charge < -0.3 is 9.62 Å². The quantitative estimate of drug-likeness (QED) is 0.402. The molecule has 0 saturated heterocycles. The molecule has 0 atom stereocenters. The Morgan fingerprint density at radius 2 is 2.05 bits per heavy atom. The first-order valence-corrected chi connectivity index (χ1v) is 5.69. The van der Waals surface area contributed by atoms with Crippen LogP contribution in [-0.4, -0.2) is 16.3 Å². The highest BCUT2D eigenvalue weighted by Gasteiger charge is 2.18. The number of nitro benzene ring substituents is 1. The van der Waals surface area contributed by atoms with Crippen molar-refractivity contribution < 1.29 is 14.5 Å². The van der Waals surface area contributed by atoms with Gasteiger partial charge in [-0.3, -0.25) is 10.1 Å². The second kappa shape index (κ2) is 5.29. The molecule has 0 aliphatic carbocycles. The smallest absolute Gasteiger partial charge is 0.289 e. The predicted octanol–water partition coefficient (Wildman–Crippen LogP) is 3.97. The standard InChI is InChI=1S/C11H6Cl2N2O4/c12-8-4-10(15(17)18)9(13)3-7(8)11-2-1-6(19-11)5-14-16/h1-5,16H. The summed E-state index contributed by atoms with van der Waals surface area (Å²) in [6.45, 7) is 0. The largest absolute Gasteiger partial charge is 0.455 e. The van der Waals surface area contributed by atoms with Crippen molar-refractivity contribution in [1.29, 1.82) is 0 Å². The molecular weight excluding hydrogens is 295 g/mol. The second-order valence-corrected chi connectivity index (χ2v) is 4.30. The third-order valence-corrected chi connectivity index (χ3v) is 2.93. The van der Waals surface area contributed by atoms with Crippen LogP contribution in [0.4, 0.5) is 5.69 Å². The molecule has 0 bridgehead atoms. The summed E-state index contributed by atoms with van der Waals surface area (Å²) in [6, 6.07) is 5.64. The second-order valence-electron chi connectivity index (χ2n) is 3.49. The Bertz CT molecular complexity index is 667. The molecule has 0 saturated carbocycles. The summed E-state index contributed by atoms with van der Waals surface area (Å²) < 4.78 is 5.32. The van der Waals surface area contributed by atoms with E-state index in [0.29, 0.717) is 17.1 Å². The molecule has 0 radical (unpaired) electrons. The van der Waals surface area contributed by atoms with Gasteiger partial charge >= 0.3 is 0 Å². The Morgan fingerprint density at radius 3 is 2.68 bits per heavy atom. The number of hydrogen-bond donors (Lipinski definition) is 1. The van der Waals surface area contributed by atoms with E-state index in [1.807, 2.05) is 0 Å². The fraction of sp³-hybridized carbons (Fsp3) is 0. The minimum absolute atomic E-state index is 0.0434. The van der Waals surface area contributed by atoms with E-state index in [1.165, 1.54) is 6.07 Å². The molecule has 8 heteroatoms. The Hall–Kier alpha value is -2.05. The minimum Gasteiger partial charge on any atom is -0.455 e. The highest BCUT2D eigenvalue weighted by atomic mass is 35.5. The van der Waals surface area contributed by atoms with E-state index in [2.05, 4.69) is 5.16 Å². The van der Waals surface area contributed by atoms with Crippen molar-refractivity contribution in [2.24, 2.45) is 5.16 Å². The van der Waals surface area contributed by atoms with Gasteiger partial charge in [0.15, 0.2) is 0 Å².